The molecule has 0 saturated carbocycles. The number of nitrogens with zero attached hydrogens (tertiary/aromatic N) is 2. The molecular formula is C28H27N3O5S. The van der Waals surface area contributed by atoms with Crippen LogP contribution < -0.4 is 25.1 Å². The Morgan fingerprint density at radius 3 is 2.49 bits per heavy atom. The molecule has 8 nitrogen and oxygen atoms in total. The Labute approximate surface area is 218 Å². The normalized spacial score (nSPS) is 12.9. The fourth-order valence-electron chi connectivity index (χ4n) is 4.04. The first-order valence-corrected chi connectivity index (χ1v) is 12.8. The molecule has 1 aromatic heterocycles. The van der Waals surface area contributed by atoms with Gasteiger partial charge in [0.05, 0.1) is 29.8 Å². The summed E-state index contributed by atoms with van der Waals surface area (Å²) in [7, 11) is 1.61. The number of carbonyl (C=O) groups excluding carboxylic acids is 1. The van der Waals surface area contributed by atoms with Crippen LogP contribution in [-0.2, 0) is 11.3 Å². The van der Waals surface area contributed by atoms with Gasteiger partial charge in [-0.15, -0.1) is 0 Å². The number of aromatic nitrogens is 2. The van der Waals surface area contributed by atoms with Crippen molar-refractivity contribution < 1.29 is 19.0 Å². The van der Waals surface area contributed by atoms with E-state index in [2.05, 4.69) is 5.32 Å². The number of nitrogens with one attached hydrogen (secondary N) is 1. The quantitative estimate of drug-likeness (QED) is 0.260. The minimum Gasteiger partial charge on any atom is -0.497 e. The van der Waals surface area contributed by atoms with Crippen molar-refractivity contribution in [1.82, 2.24) is 9.55 Å². The highest BCUT2D eigenvalue weighted by Crippen LogP contribution is 2.35. The number of ether oxygens (including phenoxy) is 3. The lowest BCUT2D eigenvalue weighted by Gasteiger charge is -2.18. The SMILES string of the molecule is CCC(Sc1nc2cc3c(cc2c(=O)n1Cc1ccc(OC)cc1)OCO3)C(=O)Nc1ccc(C)cc1. The number of anilines is 1. The second-order valence-electron chi connectivity index (χ2n) is 8.73. The zero-order valence-electron chi connectivity index (χ0n) is 20.8. The summed E-state index contributed by atoms with van der Waals surface area (Å²) < 4.78 is 17.8. The van der Waals surface area contributed by atoms with Crippen molar-refractivity contribution >= 4 is 34.3 Å². The molecule has 1 aliphatic rings. The number of methoxy groups -OCH3 is 1. The average Bonchev–Trinajstić information content (AvgIpc) is 3.37. The van der Waals surface area contributed by atoms with E-state index in [1.54, 1.807) is 23.8 Å². The molecule has 37 heavy (non-hydrogen) atoms. The van der Waals surface area contributed by atoms with Gasteiger partial charge in [-0.25, -0.2) is 4.98 Å². The fourth-order valence-corrected chi connectivity index (χ4v) is 5.06. The molecule has 5 rings (SSSR count). The van der Waals surface area contributed by atoms with E-state index in [0.717, 1.165) is 22.6 Å². The van der Waals surface area contributed by atoms with Crippen LogP contribution in [0.4, 0.5) is 5.69 Å². The van der Waals surface area contributed by atoms with Crippen LogP contribution in [0.15, 0.2) is 70.6 Å². The maximum Gasteiger partial charge on any atom is 0.262 e. The maximum absolute atomic E-state index is 13.7. The third-order valence-electron chi connectivity index (χ3n) is 6.14. The lowest BCUT2D eigenvalue weighted by atomic mass is 10.2. The van der Waals surface area contributed by atoms with Gasteiger partial charge >= 0.3 is 0 Å². The minimum atomic E-state index is -0.457. The number of thioether (sulfide) groups is 1. The molecule has 0 spiro atoms. The Kier molecular flexibility index (Phi) is 7.05. The Morgan fingerprint density at radius 1 is 1.11 bits per heavy atom. The van der Waals surface area contributed by atoms with Crippen molar-refractivity contribution in [2.45, 2.75) is 37.2 Å². The largest absolute Gasteiger partial charge is 0.497 e. The molecule has 190 valence electrons. The lowest BCUT2D eigenvalue weighted by Crippen LogP contribution is -2.28. The third kappa shape index (κ3) is 5.27. The summed E-state index contributed by atoms with van der Waals surface area (Å²) in [6, 6.07) is 18.6. The number of hydrogen-bond acceptors (Lipinski definition) is 7. The van der Waals surface area contributed by atoms with Gasteiger partial charge in [0.1, 0.15) is 5.75 Å². The van der Waals surface area contributed by atoms with Gasteiger partial charge in [-0.2, -0.15) is 0 Å². The van der Waals surface area contributed by atoms with Gasteiger partial charge in [-0.1, -0.05) is 48.5 Å². The molecule has 1 unspecified atom stereocenters. The van der Waals surface area contributed by atoms with Crippen molar-refractivity contribution in [3.05, 3.63) is 82.1 Å². The second kappa shape index (κ2) is 10.6. The van der Waals surface area contributed by atoms with Gasteiger partial charge in [-0.05, 0) is 49.2 Å². The van der Waals surface area contributed by atoms with Crippen molar-refractivity contribution in [3.63, 3.8) is 0 Å². The van der Waals surface area contributed by atoms with E-state index in [9.17, 15) is 9.59 Å². The monoisotopic (exact) mass is 517 g/mol. The van der Waals surface area contributed by atoms with Gasteiger partial charge in [-0.3, -0.25) is 14.2 Å². The molecule has 0 fully saturated rings. The van der Waals surface area contributed by atoms with Crippen LogP contribution in [-0.4, -0.2) is 34.6 Å². The molecule has 0 bridgehead atoms. The topological polar surface area (TPSA) is 91.7 Å². The van der Waals surface area contributed by atoms with Crippen LogP contribution in [0.5, 0.6) is 17.2 Å². The number of benzene rings is 3. The summed E-state index contributed by atoms with van der Waals surface area (Å²) in [6.07, 6.45) is 0.555. The maximum atomic E-state index is 13.7. The predicted octanol–water partition coefficient (Wildman–Crippen LogP) is 5.00. The van der Waals surface area contributed by atoms with E-state index in [0.29, 0.717) is 40.5 Å². The highest BCUT2D eigenvalue weighted by Gasteiger charge is 2.24. The van der Waals surface area contributed by atoms with E-state index < -0.39 is 5.25 Å². The van der Waals surface area contributed by atoms with Gasteiger partial charge in [0.2, 0.25) is 12.7 Å². The Hall–Kier alpha value is -3.98. The van der Waals surface area contributed by atoms with E-state index in [1.807, 2.05) is 62.4 Å². The number of rotatable bonds is 8. The number of hydrogen-bond donors (Lipinski definition) is 1. The highest BCUT2D eigenvalue weighted by atomic mass is 32.2. The first-order chi connectivity index (χ1) is 17.9. The highest BCUT2D eigenvalue weighted by molar-refractivity contribution is 8.00. The summed E-state index contributed by atoms with van der Waals surface area (Å²) in [6.45, 7) is 4.33. The van der Waals surface area contributed by atoms with E-state index >= 15 is 0 Å². The van der Waals surface area contributed by atoms with Crippen molar-refractivity contribution in [3.8, 4) is 17.2 Å². The fraction of sp³-hybridized carbons (Fsp3) is 0.250. The number of carbonyl (C=O) groups is 1. The molecule has 1 atom stereocenters. The van der Waals surface area contributed by atoms with Crippen LogP contribution in [0.1, 0.15) is 24.5 Å². The molecule has 1 N–H and O–H groups in total. The van der Waals surface area contributed by atoms with Crippen LogP contribution in [0.2, 0.25) is 0 Å². The lowest BCUT2D eigenvalue weighted by molar-refractivity contribution is -0.115. The van der Waals surface area contributed by atoms with Gasteiger partial charge in [0, 0.05) is 11.8 Å². The molecule has 9 heteroatoms. The first-order valence-electron chi connectivity index (χ1n) is 12.0. The molecule has 3 aromatic carbocycles. The van der Waals surface area contributed by atoms with Crippen LogP contribution in [0, 0.1) is 6.92 Å². The summed E-state index contributed by atoms with van der Waals surface area (Å²) in [5.74, 6) is 1.65. The van der Waals surface area contributed by atoms with Crippen molar-refractivity contribution in [2.24, 2.45) is 0 Å². The Balaban J connectivity index is 1.52. The molecule has 0 saturated heterocycles. The molecular weight excluding hydrogens is 490 g/mol. The standard InChI is InChI=1S/C28H27N3O5S/c1-4-25(26(32)29-19-9-5-17(2)6-10-19)37-28-30-22-14-24-23(35-16-36-24)13-21(22)27(33)31(28)15-18-7-11-20(34-3)12-8-18/h5-14,25H,4,15-16H2,1-3H3,(H,29,32). The zero-order chi connectivity index (χ0) is 25.9. The molecule has 1 amide bonds. The summed E-state index contributed by atoms with van der Waals surface area (Å²) in [4.78, 5) is 31.7. The number of amides is 1. The molecule has 1 aliphatic heterocycles. The van der Waals surface area contributed by atoms with Crippen LogP contribution >= 0.6 is 11.8 Å². The van der Waals surface area contributed by atoms with Crippen molar-refractivity contribution in [1.29, 1.82) is 0 Å². The summed E-state index contributed by atoms with van der Waals surface area (Å²) >= 11 is 1.28. The Morgan fingerprint density at radius 2 is 1.81 bits per heavy atom. The van der Waals surface area contributed by atoms with Crippen LogP contribution in [0.3, 0.4) is 0 Å². The number of fused-ring (bicyclic) bond motifs is 2. The first kappa shape index (κ1) is 24.7. The van der Waals surface area contributed by atoms with E-state index in [4.69, 9.17) is 19.2 Å². The number of aryl methyl sites for hydroxylation is 1. The van der Waals surface area contributed by atoms with Gasteiger partial charge < -0.3 is 19.5 Å². The van der Waals surface area contributed by atoms with Gasteiger partial charge in [0.15, 0.2) is 16.7 Å². The van der Waals surface area contributed by atoms with Crippen molar-refractivity contribution in [2.75, 3.05) is 19.2 Å². The third-order valence-corrected chi connectivity index (χ3v) is 7.50. The summed E-state index contributed by atoms with van der Waals surface area (Å²) in [5, 5.41) is 3.41. The van der Waals surface area contributed by atoms with E-state index in [1.165, 1.54) is 11.8 Å². The smallest absolute Gasteiger partial charge is 0.262 e. The Bertz CT molecular complexity index is 1500. The van der Waals surface area contributed by atoms with Gasteiger partial charge in [0.25, 0.3) is 5.56 Å². The zero-order valence-corrected chi connectivity index (χ0v) is 21.6. The molecule has 2 heterocycles. The van der Waals surface area contributed by atoms with Crippen LogP contribution in [0.25, 0.3) is 10.9 Å². The molecule has 4 aromatic rings. The summed E-state index contributed by atoms with van der Waals surface area (Å²) in [5.41, 5.74) is 3.03. The molecule has 0 radical (unpaired) electrons. The van der Waals surface area contributed by atoms with E-state index in [-0.39, 0.29) is 18.3 Å². The minimum absolute atomic E-state index is 0.102. The predicted molar refractivity (Wildman–Crippen MR) is 144 cm³/mol. The average molecular weight is 518 g/mol. The second-order valence-corrected chi connectivity index (χ2v) is 9.90. The molecule has 0 aliphatic carbocycles.